The predicted molar refractivity (Wildman–Crippen MR) is 100 cm³/mol. The number of nitrogens with zero attached hydrogens (tertiary/aromatic N) is 5. The standard InChI is InChI=1S/C18H30N6O/c1-3-22(4-2)18(25)21-16-13-17(20-14-19-16)24-11-9-23(10-12-24)15-7-5-6-8-15/h13-15H,3-12H2,1-2H3,(H,19,20,21,25). The molecule has 0 radical (unpaired) electrons. The van der Waals surface area contributed by atoms with Crippen molar-refractivity contribution in [1.29, 1.82) is 0 Å². The molecule has 0 aromatic carbocycles. The first-order valence-electron chi connectivity index (χ1n) is 9.58. The van der Waals surface area contributed by atoms with E-state index in [9.17, 15) is 4.79 Å². The van der Waals surface area contributed by atoms with Crippen molar-refractivity contribution >= 4 is 17.7 Å². The van der Waals surface area contributed by atoms with E-state index in [-0.39, 0.29) is 6.03 Å². The summed E-state index contributed by atoms with van der Waals surface area (Å²) >= 11 is 0. The van der Waals surface area contributed by atoms with Crippen molar-refractivity contribution in [3.8, 4) is 0 Å². The average molecular weight is 346 g/mol. The van der Waals surface area contributed by atoms with Crippen LogP contribution in [0.25, 0.3) is 0 Å². The maximum Gasteiger partial charge on any atom is 0.322 e. The summed E-state index contributed by atoms with van der Waals surface area (Å²) < 4.78 is 0. The van der Waals surface area contributed by atoms with Crippen LogP contribution in [0.15, 0.2) is 12.4 Å². The van der Waals surface area contributed by atoms with Crippen molar-refractivity contribution in [3.63, 3.8) is 0 Å². The zero-order chi connectivity index (χ0) is 17.6. The van der Waals surface area contributed by atoms with Gasteiger partial charge < -0.3 is 9.80 Å². The van der Waals surface area contributed by atoms with Crippen LogP contribution in [-0.2, 0) is 0 Å². The number of carbonyl (C=O) groups excluding carboxylic acids is 1. The second-order valence-corrected chi connectivity index (χ2v) is 6.83. The molecule has 1 aliphatic heterocycles. The minimum Gasteiger partial charge on any atom is -0.354 e. The van der Waals surface area contributed by atoms with E-state index >= 15 is 0 Å². The molecule has 2 aliphatic rings. The average Bonchev–Trinajstić information content (AvgIpc) is 3.18. The molecule has 3 rings (SSSR count). The Morgan fingerprint density at radius 3 is 2.48 bits per heavy atom. The van der Waals surface area contributed by atoms with E-state index in [0.717, 1.165) is 38.0 Å². The number of rotatable bonds is 5. The predicted octanol–water partition coefficient (Wildman–Crippen LogP) is 2.41. The molecular formula is C18H30N6O. The van der Waals surface area contributed by atoms with Gasteiger partial charge in [0.1, 0.15) is 18.0 Å². The lowest BCUT2D eigenvalue weighted by Gasteiger charge is -2.38. The fourth-order valence-electron chi connectivity index (χ4n) is 3.87. The van der Waals surface area contributed by atoms with Crippen LogP contribution in [0.3, 0.4) is 0 Å². The number of nitrogens with one attached hydrogen (secondary N) is 1. The van der Waals surface area contributed by atoms with Gasteiger partial charge in [0.25, 0.3) is 0 Å². The zero-order valence-corrected chi connectivity index (χ0v) is 15.4. The van der Waals surface area contributed by atoms with Crippen LogP contribution in [0, 0.1) is 0 Å². The molecule has 0 unspecified atom stereocenters. The number of hydrogen-bond acceptors (Lipinski definition) is 5. The van der Waals surface area contributed by atoms with Gasteiger partial charge in [-0.1, -0.05) is 12.8 Å². The third kappa shape index (κ3) is 4.39. The fourth-order valence-corrected chi connectivity index (χ4v) is 3.87. The first-order valence-corrected chi connectivity index (χ1v) is 9.58. The summed E-state index contributed by atoms with van der Waals surface area (Å²) in [6, 6.07) is 2.56. The van der Waals surface area contributed by atoms with Crippen LogP contribution in [0.1, 0.15) is 39.5 Å². The molecule has 7 nitrogen and oxygen atoms in total. The molecule has 1 aromatic rings. The van der Waals surface area contributed by atoms with Crippen LogP contribution in [0.4, 0.5) is 16.4 Å². The largest absolute Gasteiger partial charge is 0.354 e. The highest BCUT2D eigenvalue weighted by atomic mass is 16.2. The highest BCUT2D eigenvalue weighted by Crippen LogP contribution is 2.25. The van der Waals surface area contributed by atoms with Gasteiger partial charge in [-0.3, -0.25) is 10.2 Å². The second-order valence-electron chi connectivity index (χ2n) is 6.83. The molecule has 1 saturated heterocycles. The lowest BCUT2D eigenvalue weighted by Crippen LogP contribution is -2.50. The van der Waals surface area contributed by atoms with Crippen molar-refractivity contribution in [3.05, 3.63) is 12.4 Å². The Balaban J connectivity index is 1.57. The number of hydrogen-bond donors (Lipinski definition) is 1. The number of urea groups is 1. The number of anilines is 2. The summed E-state index contributed by atoms with van der Waals surface area (Å²) in [5.74, 6) is 1.47. The third-order valence-electron chi connectivity index (χ3n) is 5.42. The summed E-state index contributed by atoms with van der Waals surface area (Å²) in [6.07, 6.45) is 7.01. The van der Waals surface area contributed by atoms with E-state index in [1.165, 1.54) is 32.0 Å². The molecule has 0 atom stereocenters. The Morgan fingerprint density at radius 2 is 1.84 bits per heavy atom. The van der Waals surface area contributed by atoms with Gasteiger partial charge in [0.05, 0.1) is 0 Å². The summed E-state index contributed by atoms with van der Waals surface area (Å²) in [5, 5.41) is 2.88. The highest BCUT2D eigenvalue weighted by molar-refractivity contribution is 5.88. The van der Waals surface area contributed by atoms with Gasteiger partial charge in [0.2, 0.25) is 0 Å². The van der Waals surface area contributed by atoms with Gasteiger partial charge in [-0.05, 0) is 26.7 Å². The zero-order valence-electron chi connectivity index (χ0n) is 15.4. The van der Waals surface area contributed by atoms with E-state index < -0.39 is 0 Å². The molecule has 1 aromatic heterocycles. The normalized spacial score (nSPS) is 19.2. The van der Waals surface area contributed by atoms with Gasteiger partial charge in [0, 0.05) is 51.4 Å². The van der Waals surface area contributed by atoms with E-state index in [2.05, 4.69) is 25.1 Å². The first kappa shape index (κ1) is 17.9. The Morgan fingerprint density at radius 1 is 1.16 bits per heavy atom. The monoisotopic (exact) mass is 346 g/mol. The molecule has 0 spiro atoms. The molecule has 7 heteroatoms. The number of aromatic nitrogens is 2. The topological polar surface area (TPSA) is 64.6 Å². The fraction of sp³-hybridized carbons (Fsp3) is 0.722. The molecular weight excluding hydrogens is 316 g/mol. The number of carbonyl (C=O) groups is 1. The first-order chi connectivity index (χ1) is 12.2. The van der Waals surface area contributed by atoms with E-state index in [1.54, 1.807) is 4.90 Å². The van der Waals surface area contributed by atoms with Crippen LogP contribution in [-0.4, -0.2) is 71.1 Å². The van der Waals surface area contributed by atoms with Gasteiger partial charge in [-0.25, -0.2) is 14.8 Å². The van der Waals surface area contributed by atoms with Crippen molar-refractivity contribution < 1.29 is 4.79 Å². The van der Waals surface area contributed by atoms with Crippen molar-refractivity contribution in [2.24, 2.45) is 0 Å². The van der Waals surface area contributed by atoms with Crippen molar-refractivity contribution in [2.75, 3.05) is 49.5 Å². The molecule has 1 N–H and O–H groups in total. The Hall–Kier alpha value is -1.89. The summed E-state index contributed by atoms with van der Waals surface area (Å²) in [7, 11) is 0. The summed E-state index contributed by atoms with van der Waals surface area (Å²) in [6.45, 7) is 9.46. The summed E-state index contributed by atoms with van der Waals surface area (Å²) in [4.78, 5) is 27.5. The lowest BCUT2D eigenvalue weighted by atomic mass is 10.2. The third-order valence-corrected chi connectivity index (χ3v) is 5.42. The maximum absolute atomic E-state index is 12.2. The smallest absolute Gasteiger partial charge is 0.322 e. The molecule has 1 saturated carbocycles. The van der Waals surface area contributed by atoms with Crippen molar-refractivity contribution in [2.45, 2.75) is 45.6 Å². The molecule has 2 fully saturated rings. The lowest BCUT2D eigenvalue weighted by molar-refractivity contribution is 0.187. The van der Waals surface area contributed by atoms with Crippen molar-refractivity contribution in [1.82, 2.24) is 19.8 Å². The highest BCUT2D eigenvalue weighted by Gasteiger charge is 2.26. The van der Waals surface area contributed by atoms with Gasteiger partial charge in [0.15, 0.2) is 0 Å². The van der Waals surface area contributed by atoms with Gasteiger partial charge in [-0.15, -0.1) is 0 Å². The van der Waals surface area contributed by atoms with E-state index in [4.69, 9.17) is 0 Å². The molecule has 138 valence electrons. The summed E-state index contributed by atoms with van der Waals surface area (Å²) in [5.41, 5.74) is 0. The van der Waals surface area contributed by atoms with Crippen LogP contribution < -0.4 is 10.2 Å². The van der Waals surface area contributed by atoms with Gasteiger partial charge in [-0.2, -0.15) is 0 Å². The SMILES string of the molecule is CCN(CC)C(=O)Nc1cc(N2CCN(C3CCCC3)CC2)ncn1. The Bertz CT molecular complexity index is 562. The Labute approximate surface area is 150 Å². The van der Waals surface area contributed by atoms with Crippen LogP contribution in [0.5, 0.6) is 0 Å². The minimum atomic E-state index is -0.110. The number of piperazine rings is 1. The Kier molecular flexibility index (Phi) is 6.07. The minimum absolute atomic E-state index is 0.110. The molecule has 2 amide bonds. The molecule has 0 bridgehead atoms. The van der Waals surface area contributed by atoms with E-state index in [0.29, 0.717) is 18.9 Å². The molecule has 2 heterocycles. The van der Waals surface area contributed by atoms with E-state index in [1.807, 2.05) is 19.9 Å². The number of amides is 2. The molecule has 1 aliphatic carbocycles. The maximum atomic E-state index is 12.2. The van der Waals surface area contributed by atoms with Gasteiger partial charge >= 0.3 is 6.03 Å². The quantitative estimate of drug-likeness (QED) is 0.887. The van der Waals surface area contributed by atoms with Crippen LogP contribution in [0.2, 0.25) is 0 Å². The molecule has 25 heavy (non-hydrogen) atoms. The van der Waals surface area contributed by atoms with Crippen LogP contribution >= 0.6 is 0 Å². The second kappa shape index (κ2) is 8.47.